The van der Waals surface area contributed by atoms with Crippen molar-refractivity contribution >= 4 is 28.4 Å². The van der Waals surface area contributed by atoms with Crippen LogP contribution in [-0.4, -0.2) is 16.2 Å². The molecule has 2 heterocycles. The summed E-state index contributed by atoms with van der Waals surface area (Å²) in [6.45, 7) is 2.87. The molecule has 3 nitrogen and oxygen atoms in total. The van der Waals surface area contributed by atoms with Crippen LogP contribution in [-0.2, 0) is 6.54 Å². The van der Waals surface area contributed by atoms with E-state index in [2.05, 4.69) is 46.5 Å². The molecule has 1 N–H and O–H groups in total. The Morgan fingerprint density at radius 2 is 1.90 bits per heavy atom. The smallest absolute Gasteiger partial charge is 0.0960 e. The fourth-order valence-corrected chi connectivity index (χ4v) is 2.72. The standard InChI is InChI=1S/C17H17N3S/c1-12-3-4-14-15(6-8-18-16(14)9-12)20-11-13-5-7-19-17(10-13)21-2/h3-10H,11H2,1-2H3,(H,18,20). The maximum Gasteiger partial charge on any atom is 0.0960 e. The van der Waals surface area contributed by atoms with E-state index in [1.54, 1.807) is 11.8 Å². The number of benzene rings is 1. The van der Waals surface area contributed by atoms with Gasteiger partial charge >= 0.3 is 0 Å². The Hall–Kier alpha value is -2.07. The molecule has 0 bridgehead atoms. The predicted octanol–water partition coefficient (Wildman–Crippen LogP) is 4.27. The van der Waals surface area contributed by atoms with Gasteiger partial charge < -0.3 is 5.32 Å². The Labute approximate surface area is 128 Å². The summed E-state index contributed by atoms with van der Waals surface area (Å²) < 4.78 is 0. The Balaban J connectivity index is 1.84. The second-order valence-corrected chi connectivity index (χ2v) is 5.77. The van der Waals surface area contributed by atoms with E-state index in [4.69, 9.17) is 0 Å². The molecule has 3 rings (SSSR count). The van der Waals surface area contributed by atoms with Crippen LogP contribution in [0.3, 0.4) is 0 Å². The molecule has 0 unspecified atom stereocenters. The summed E-state index contributed by atoms with van der Waals surface area (Å²) in [4.78, 5) is 8.73. The van der Waals surface area contributed by atoms with E-state index in [1.807, 2.05) is 30.8 Å². The number of pyridine rings is 2. The van der Waals surface area contributed by atoms with Crippen molar-refractivity contribution in [3.05, 3.63) is 59.9 Å². The second kappa shape index (κ2) is 6.14. The van der Waals surface area contributed by atoms with E-state index in [9.17, 15) is 0 Å². The molecule has 21 heavy (non-hydrogen) atoms. The number of hydrogen-bond donors (Lipinski definition) is 1. The summed E-state index contributed by atoms with van der Waals surface area (Å²) in [5.41, 5.74) is 4.60. The molecule has 0 spiro atoms. The molecule has 0 aliphatic heterocycles. The van der Waals surface area contributed by atoms with E-state index >= 15 is 0 Å². The molecular formula is C17H17N3S. The summed E-state index contributed by atoms with van der Waals surface area (Å²) in [6, 6.07) is 12.5. The summed E-state index contributed by atoms with van der Waals surface area (Å²) in [6.07, 6.45) is 5.75. The van der Waals surface area contributed by atoms with Gasteiger partial charge in [0, 0.05) is 30.0 Å². The summed E-state index contributed by atoms with van der Waals surface area (Å²) >= 11 is 1.66. The molecule has 0 fully saturated rings. The summed E-state index contributed by atoms with van der Waals surface area (Å²) in [5.74, 6) is 0. The van der Waals surface area contributed by atoms with Crippen molar-refractivity contribution in [2.75, 3.05) is 11.6 Å². The van der Waals surface area contributed by atoms with Crippen LogP contribution in [0, 0.1) is 6.92 Å². The van der Waals surface area contributed by atoms with Gasteiger partial charge in [0.1, 0.15) is 0 Å². The van der Waals surface area contributed by atoms with Gasteiger partial charge in [-0.25, -0.2) is 4.98 Å². The van der Waals surface area contributed by atoms with Gasteiger partial charge in [-0.15, -0.1) is 11.8 Å². The molecule has 0 amide bonds. The highest BCUT2D eigenvalue weighted by Crippen LogP contribution is 2.23. The molecule has 0 saturated heterocycles. The van der Waals surface area contributed by atoms with Gasteiger partial charge in [0.25, 0.3) is 0 Å². The lowest BCUT2D eigenvalue weighted by atomic mass is 10.1. The van der Waals surface area contributed by atoms with Gasteiger partial charge in [0.05, 0.1) is 10.5 Å². The molecule has 1 aromatic carbocycles. The molecular weight excluding hydrogens is 278 g/mol. The van der Waals surface area contributed by atoms with Crippen LogP contribution in [0.2, 0.25) is 0 Å². The topological polar surface area (TPSA) is 37.8 Å². The number of nitrogens with zero attached hydrogens (tertiary/aromatic N) is 2. The predicted molar refractivity (Wildman–Crippen MR) is 89.8 cm³/mol. The van der Waals surface area contributed by atoms with E-state index in [-0.39, 0.29) is 0 Å². The molecule has 4 heteroatoms. The van der Waals surface area contributed by atoms with Crippen molar-refractivity contribution in [3.63, 3.8) is 0 Å². The van der Waals surface area contributed by atoms with Crippen LogP contribution in [0.25, 0.3) is 10.9 Å². The highest BCUT2D eigenvalue weighted by atomic mass is 32.2. The lowest BCUT2D eigenvalue weighted by molar-refractivity contribution is 1.06. The van der Waals surface area contributed by atoms with Crippen LogP contribution in [0.4, 0.5) is 5.69 Å². The molecule has 0 atom stereocenters. The van der Waals surface area contributed by atoms with Crippen LogP contribution in [0.15, 0.2) is 53.8 Å². The minimum atomic E-state index is 0.781. The Kier molecular flexibility index (Phi) is 4.06. The zero-order chi connectivity index (χ0) is 14.7. The van der Waals surface area contributed by atoms with E-state index < -0.39 is 0 Å². The third-order valence-electron chi connectivity index (χ3n) is 3.39. The second-order valence-electron chi connectivity index (χ2n) is 4.94. The fraction of sp³-hybridized carbons (Fsp3) is 0.176. The first kappa shape index (κ1) is 13.9. The molecule has 2 aromatic heterocycles. The monoisotopic (exact) mass is 295 g/mol. The van der Waals surface area contributed by atoms with Gasteiger partial charge in [-0.1, -0.05) is 12.1 Å². The maximum absolute atomic E-state index is 4.43. The van der Waals surface area contributed by atoms with E-state index in [0.717, 1.165) is 28.2 Å². The number of rotatable bonds is 4. The first-order chi connectivity index (χ1) is 10.3. The lowest BCUT2D eigenvalue weighted by Crippen LogP contribution is -2.01. The van der Waals surface area contributed by atoms with Crippen molar-refractivity contribution in [1.82, 2.24) is 9.97 Å². The Morgan fingerprint density at radius 1 is 1.05 bits per heavy atom. The van der Waals surface area contributed by atoms with Crippen molar-refractivity contribution in [3.8, 4) is 0 Å². The van der Waals surface area contributed by atoms with Crippen molar-refractivity contribution in [2.24, 2.45) is 0 Å². The maximum atomic E-state index is 4.43. The average Bonchev–Trinajstić information content (AvgIpc) is 2.52. The number of aryl methyl sites for hydroxylation is 1. The Morgan fingerprint density at radius 3 is 2.76 bits per heavy atom. The van der Waals surface area contributed by atoms with Gasteiger partial charge in [-0.2, -0.15) is 0 Å². The largest absolute Gasteiger partial charge is 0.380 e. The lowest BCUT2D eigenvalue weighted by Gasteiger charge is -2.10. The molecule has 0 aliphatic carbocycles. The SMILES string of the molecule is CSc1cc(CNc2ccnc3cc(C)ccc23)ccn1. The highest BCUT2D eigenvalue weighted by molar-refractivity contribution is 7.98. The third kappa shape index (κ3) is 3.16. The van der Waals surface area contributed by atoms with Crippen LogP contribution >= 0.6 is 11.8 Å². The fourth-order valence-electron chi connectivity index (χ4n) is 2.28. The quantitative estimate of drug-likeness (QED) is 0.729. The number of aromatic nitrogens is 2. The number of fused-ring (bicyclic) bond motifs is 1. The number of anilines is 1. The molecule has 0 saturated carbocycles. The van der Waals surface area contributed by atoms with Crippen LogP contribution in [0.5, 0.6) is 0 Å². The average molecular weight is 295 g/mol. The normalized spacial score (nSPS) is 10.8. The number of hydrogen-bond acceptors (Lipinski definition) is 4. The minimum absolute atomic E-state index is 0.781. The van der Waals surface area contributed by atoms with Gasteiger partial charge in [0.2, 0.25) is 0 Å². The zero-order valence-corrected chi connectivity index (χ0v) is 12.9. The molecule has 0 radical (unpaired) electrons. The number of thioether (sulfide) groups is 1. The summed E-state index contributed by atoms with van der Waals surface area (Å²) in [7, 11) is 0. The van der Waals surface area contributed by atoms with Crippen molar-refractivity contribution in [2.45, 2.75) is 18.5 Å². The number of nitrogens with one attached hydrogen (secondary N) is 1. The zero-order valence-electron chi connectivity index (χ0n) is 12.1. The Bertz CT molecular complexity index is 771. The van der Waals surface area contributed by atoms with Gasteiger partial charge in [0.15, 0.2) is 0 Å². The van der Waals surface area contributed by atoms with Crippen LogP contribution in [0.1, 0.15) is 11.1 Å². The first-order valence-electron chi connectivity index (χ1n) is 6.84. The van der Waals surface area contributed by atoms with E-state index in [0.29, 0.717) is 0 Å². The van der Waals surface area contributed by atoms with Crippen molar-refractivity contribution in [1.29, 1.82) is 0 Å². The van der Waals surface area contributed by atoms with E-state index in [1.165, 1.54) is 11.1 Å². The third-order valence-corrected chi connectivity index (χ3v) is 4.03. The molecule has 0 aliphatic rings. The minimum Gasteiger partial charge on any atom is -0.380 e. The van der Waals surface area contributed by atoms with Crippen molar-refractivity contribution < 1.29 is 0 Å². The molecule has 106 valence electrons. The highest BCUT2D eigenvalue weighted by Gasteiger charge is 2.02. The molecule has 3 aromatic rings. The first-order valence-corrected chi connectivity index (χ1v) is 8.07. The van der Waals surface area contributed by atoms with Gasteiger partial charge in [-0.05, 0) is 48.6 Å². The summed E-state index contributed by atoms with van der Waals surface area (Å²) in [5, 5.41) is 5.70. The van der Waals surface area contributed by atoms with Gasteiger partial charge in [-0.3, -0.25) is 4.98 Å². The van der Waals surface area contributed by atoms with Crippen LogP contribution < -0.4 is 5.32 Å².